The van der Waals surface area contributed by atoms with Crippen molar-refractivity contribution in [3.05, 3.63) is 71.3 Å². The summed E-state index contributed by atoms with van der Waals surface area (Å²) >= 11 is 0. The van der Waals surface area contributed by atoms with E-state index in [2.05, 4.69) is 17.2 Å². The number of cyclic esters (lactones) is 1. The van der Waals surface area contributed by atoms with Crippen LogP contribution in [0.15, 0.2) is 54.6 Å². The third-order valence-corrected chi connectivity index (χ3v) is 3.54. The van der Waals surface area contributed by atoms with Gasteiger partial charge in [0.25, 0.3) is 5.91 Å². The number of carbonyl (C=O) groups excluding carboxylic acids is 2. The molecule has 0 spiro atoms. The molecule has 1 aliphatic heterocycles. The Morgan fingerprint density at radius 1 is 1.13 bits per heavy atom. The molecule has 1 N–H and O–H groups in total. The van der Waals surface area contributed by atoms with Gasteiger partial charge in [-0.05, 0) is 23.8 Å². The van der Waals surface area contributed by atoms with Gasteiger partial charge >= 0.3 is 5.97 Å². The average Bonchev–Trinajstić information content (AvgIpc) is 2.59. The lowest BCUT2D eigenvalue weighted by molar-refractivity contribution is -0.130. The Balaban J connectivity index is 1.58. The SMILES string of the molecule is O=C1OC(C(=O)NCC#Cc2ccccc2)Cc2ccccc21. The minimum atomic E-state index is -0.795. The van der Waals surface area contributed by atoms with Gasteiger partial charge in [-0.15, -0.1) is 0 Å². The van der Waals surface area contributed by atoms with E-state index in [9.17, 15) is 9.59 Å². The highest BCUT2D eigenvalue weighted by molar-refractivity contribution is 5.95. The fourth-order valence-electron chi connectivity index (χ4n) is 2.39. The van der Waals surface area contributed by atoms with Gasteiger partial charge in [0.15, 0.2) is 6.10 Å². The molecule has 114 valence electrons. The minimum Gasteiger partial charge on any atom is -0.448 e. The van der Waals surface area contributed by atoms with Crippen LogP contribution in [0, 0.1) is 11.8 Å². The maximum atomic E-state index is 12.1. The molecule has 0 fully saturated rings. The van der Waals surface area contributed by atoms with Crippen LogP contribution in [0.4, 0.5) is 0 Å². The Labute approximate surface area is 134 Å². The van der Waals surface area contributed by atoms with Gasteiger partial charge in [0, 0.05) is 12.0 Å². The number of hydrogen-bond donors (Lipinski definition) is 1. The number of carbonyl (C=O) groups is 2. The molecular formula is C19H15NO3. The van der Waals surface area contributed by atoms with Crippen LogP contribution in [0.3, 0.4) is 0 Å². The summed E-state index contributed by atoms with van der Waals surface area (Å²) in [6, 6.07) is 16.7. The smallest absolute Gasteiger partial charge is 0.339 e. The second-order valence-corrected chi connectivity index (χ2v) is 5.14. The first-order valence-electron chi connectivity index (χ1n) is 7.34. The molecule has 1 amide bonds. The van der Waals surface area contributed by atoms with E-state index in [1.807, 2.05) is 42.5 Å². The Hall–Kier alpha value is -3.06. The normalized spacial score (nSPS) is 15.7. The molecule has 0 bridgehead atoms. The lowest BCUT2D eigenvalue weighted by atomic mass is 9.98. The van der Waals surface area contributed by atoms with E-state index in [4.69, 9.17) is 4.74 Å². The molecule has 0 radical (unpaired) electrons. The highest BCUT2D eigenvalue weighted by Crippen LogP contribution is 2.20. The molecule has 4 heteroatoms. The van der Waals surface area contributed by atoms with Crippen LogP contribution in [0.25, 0.3) is 0 Å². The van der Waals surface area contributed by atoms with Crippen LogP contribution >= 0.6 is 0 Å². The molecule has 1 aliphatic rings. The summed E-state index contributed by atoms with van der Waals surface area (Å²) in [6.45, 7) is 0.212. The summed E-state index contributed by atoms with van der Waals surface area (Å²) in [5.41, 5.74) is 2.25. The van der Waals surface area contributed by atoms with Gasteiger partial charge in [-0.25, -0.2) is 4.79 Å². The number of esters is 1. The fourth-order valence-corrected chi connectivity index (χ4v) is 2.39. The molecule has 0 saturated heterocycles. The molecule has 2 aromatic rings. The van der Waals surface area contributed by atoms with Crippen molar-refractivity contribution in [2.45, 2.75) is 12.5 Å². The maximum absolute atomic E-state index is 12.1. The number of nitrogens with one attached hydrogen (secondary N) is 1. The molecule has 0 aromatic heterocycles. The van der Waals surface area contributed by atoms with E-state index in [1.54, 1.807) is 12.1 Å². The van der Waals surface area contributed by atoms with Gasteiger partial charge < -0.3 is 10.1 Å². The number of fused-ring (bicyclic) bond motifs is 1. The predicted octanol–water partition coefficient (Wildman–Crippen LogP) is 1.94. The van der Waals surface area contributed by atoms with Crippen molar-refractivity contribution in [2.24, 2.45) is 0 Å². The van der Waals surface area contributed by atoms with Gasteiger partial charge in [0.2, 0.25) is 0 Å². The summed E-state index contributed by atoms with van der Waals surface area (Å²) in [5, 5.41) is 2.68. The number of hydrogen-bond acceptors (Lipinski definition) is 3. The monoisotopic (exact) mass is 305 g/mol. The Bertz CT molecular complexity index is 787. The first kappa shape index (κ1) is 14.9. The number of ether oxygens (including phenoxy) is 1. The zero-order valence-electron chi connectivity index (χ0n) is 12.4. The first-order valence-corrected chi connectivity index (χ1v) is 7.34. The first-order chi connectivity index (χ1) is 11.2. The third kappa shape index (κ3) is 3.58. The van der Waals surface area contributed by atoms with Crippen LogP contribution in [0.2, 0.25) is 0 Å². The molecule has 4 nitrogen and oxygen atoms in total. The van der Waals surface area contributed by atoms with E-state index in [0.717, 1.165) is 11.1 Å². The Morgan fingerprint density at radius 2 is 1.87 bits per heavy atom. The number of amides is 1. The largest absolute Gasteiger partial charge is 0.448 e. The molecule has 23 heavy (non-hydrogen) atoms. The Morgan fingerprint density at radius 3 is 2.70 bits per heavy atom. The zero-order chi connectivity index (χ0) is 16.1. The molecular weight excluding hydrogens is 290 g/mol. The molecule has 0 aliphatic carbocycles. The minimum absolute atomic E-state index is 0.212. The van der Waals surface area contributed by atoms with Crippen LogP contribution in [0.1, 0.15) is 21.5 Å². The van der Waals surface area contributed by atoms with E-state index >= 15 is 0 Å². The highest BCUT2D eigenvalue weighted by atomic mass is 16.5. The summed E-state index contributed by atoms with van der Waals surface area (Å²) < 4.78 is 5.19. The van der Waals surface area contributed by atoms with E-state index in [1.165, 1.54) is 0 Å². The van der Waals surface area contributed by atoms with Crippen LogP contribution in [-0.2, 0) is 16.0 Å². The molecule has 0 saturated carbocycles. The zero-order valence-corrected chi connectivity index (χ0v) is 12.4. The maximum Gasteiger partial charge on any atom is 0.339 e. The fraction of sp³-hybridized carbons (Fsp3) is 0.158. The van der Waals surface area contributed by atoms with E-state index in [-0.39, 0.29) is 12.5 Å². The van der Waals surface area contributed by atoms with Crippen molar-refractivity contribution in [2.75, 3.05) is 6.54 Å². The molecule has 1 atom stereocenters. The molecule has 1 unspecified atom stereocenters. The topological polar surface area (TPSA) is 55.4 Å². The standard InChI is InChI=1S/C19H15NO3/c21-18(20-12-6-9-14-7-2-1-3-8-14)17-13-15-10-4-5-11-16(15)19(22)23-17/h1-5,7-8,10-11,17H,12-13H2,(H,20,21). The van der Waals surface area contributed by atoms with Gasteiger partial charge in [0.1, 0.15) is 0 Å². The van der Waals surface area contributed by atoms with E-state index in [0.29, 0.717) is 12.0 Å². The second-order valence-electron chi connectivity index (χ2n) is 5.14. The van der Waals surface area contributed by atoms with Crippen LogP contribution < -0.4 is 5.32 Å². The van der Waals surface area contributed by atoms with Crippen molar-refractivity contribution < 1.29 is 14.3 Å². The summed E-state index contributed by atoms with van der Waals surface area (Å²) in [7, 11) is 0. The Kier molecular flexibility index (Phi) is 4.39. The highest BCUT2D eigenvalue weighted by Gasteiger charge is 2.30. The van der Waals surface area contributed by atoms with Crippen molar-refractivity contribution in [1.82, 2.24) is 5.32 Å². The van der Waals surface area contributed by atoms with Crippen molar-refractivity contribution >= 4 is 11.9 Å². The third-order valence-electron chi connectivity index (χ3n) is 3.54. The van der Waals surface area contributed by atoms with Gasteiger partial charge in [-0.3, -0.25) is 4.79 Å². The lowest BCUT2D eigenvalue weighted by Crippen LogP contribution is -2.41. The van der Waals surface area contributed by atoms with E-state index < -0.39 is 12.1 Å². The van der Waals surface area contributed by atoms with Gasteiger partial charge in [0.05, 0.1) is 12.1 Å². The second kappa shape index (κ2) is 6.80. The summed E-state index contributed by atoms with van der Waals surface area (Å²) in [5.74, 6) is 5.05. The van der Waals surface area contributed by atoms with Crippen molar-refractivity contribution in [3.8, 4) is 11.8 Å². The van der Waals surface area contributed by atoms with Gasteiger partial charge in [-0.1, -0.05) is 48.2 Å². The van der Waals surface area contributed by atoms with Crippen LogP contribution in [-0.4, -0.2) is 24.5 Å². The summed E-state index contributed by atoms with van der Waals surface area (Å²) in [6.07, 6.45) is -0.407. The summed E-state index contributed by atoms with van der Waals surface area (Å²) in [4.78, 5) is 24.0. The van der Waals surface area contributed by atoms with Gasteiger partial charge in [-0.2, -0.15) is 0 Å². The molecule has 1 heterocycles. The predicted molar refractivity (Wildman–Crippen MR) is 85.7 cm³/mol. The average molecular weight is 305 g/mol. The van der Waals surface area contributed by atoms with Crippen molar-refractivity contribution in [1.29, 1.82) is 0 Å². The quantitative estimate of drug-likeness (QED) is 0.681. The molecule has 2 aromatic carbocycles. The number of benzene rings is 2. The lowest BCUT2D eigenvalue weighted by Gasteiger charge is -2.23. The molecule has 3 rings (SSSR count). The number of rotatable bonds is 2. The van der Waals surface area contributed by atoms with Crippen molar-refractivity contribution in [3.63, 3.8) is 0 Å². The van der Waals surface area contributed by atoms with Crippen LogP contribution in [0.5, 0.6) is 0 Å².